The van der Waals surface area contributed by atoms with Crippen LogP contribution in [0.3, 0.4) is 0 Å². The Kier molecular flexibility index (Phi) is 5.41. The predicted molar refractivity (Wildman–Crippen MR) is 101 cm³/mol. The van der Waals surface area contributed by atoms with E-state index < -0.39 is 17.6 Å². The summed E-state index contributed by atoms with van der Waals surface area (Å²) in [6.07, 6.45) is -1.15. The molecule has 3 aromatic rings. The van der Waals surface area contributed by atoms with Gasteiger partial charge in [-0.1, -0.05) is 6.07 Å². The number of carbonyl (C=O) groups excluding carboxylic acids is 1. The second kappa shape index (κ2) is 7.80. The molecular weight excluding hydrogens is 381 g/mol. The van der Waals surface area contributed by atoms with Gasteiger partial charge in [-0.15, -0.1) is 0 Å². The van der Waals surface area contributed by atoms with Crippen LogP contribution in [0.5, 0.6) is 0 Å². The molecule has 2 aromatic heterocycles. The number of pyridine rings is 1. The minimum absolute atomic E-state index is 0.0614. The standard InChI is InChI=1S/C21H17F3N4O/c1-13-14(2)28(12-15-4-3-9-26-11-15)19(18(13)10-25)27-20(29)16-5-7-17(8-6-16)21(22,23)24/h3-9,11H,12H2,1-2H3,(H,27,29). The van der Waals surface area contributed by atoms with Gasteiger partial charge >= 0.3 is 6.18 Å². The Morgan fingerprint density at radius 2 is 1.90 bits per heavy atom. The Hall–Kier alpha value is -3.60. The van der Waals surface area contributed by atoms with Crippen molar-refractivity contribution >= 4 is 11.7 Å². The van der Waals surface area contributed by atoms with Crippen LogP contribution in [0, 0.1) is 25.2 Å². The normalized spacial score (nSPS) is 11.2. The second-order valence-electron chi connectivity index (χ2n) is 6.52. The van der Waals surface area contributed by atoms with Gasteiger partial charge < -0.3 is 9.88 Å². The van der Waals surface area contributed by atoms with Crippen LogP contribution in [-0.2, 0) is 12.7 Å². The number of halogens is 3. The number of alkyl halides is 3. The first-order valence-electron chi connectivity index (χ1n) is 8.69. The fourth-order valence-corrected chi connectivity index (χ4v) is 2.99. The maximum Gasteiger partial charge on any atom is 0.416 e. The zero-order valence-corrected chi connectivity index (χ0v) is 15.7. The number of nitrogens with one attached hydrogen (secondary N) is 1. The average Bonchev–Trinajstić information content (AvgIpc) is 2.92. The smallest absolute Gasteiger partial charge is 0.326 e. The van der Waals surface area contributed by atoms with Gasteiger partial charge in [0.2, 0.25) is 0 Å². The van der Waals surface area contributed by atoms with Crippen LogP contribution in [0.1, 0.15) is 38.3 Å². The molecule has 1 amide bonds. The van der Waals surface area contributed by atoms with Gasteiger partial charge in [0, 0.05) is 23.7 Å². The number of anilines is 1. The van der Waals surface area contributed by atoms with Gasteiger partial charge in [0.25, 0.3) is 5.91 Å². The van der Waals surface area contributed by atoms with E-state index in [1.807, 2.05) is 13.0 Å². The Morgan fingerprint density at radius 1 is 1.21 bits per heavy atom. The molecule has 8 heteroatoms. The fraction of sp³-hybridized carbons (Fsp3) is 0.190. The maximum absolute atomic E-state index is 12.7. The number of carbonyl (C=O) groups is 1. The van der Waals surface area contributed by atoms with E-state index in [4.69, 9.17) is 0 Å². The Bertz CT molecular complexity index is 1080. The molecule has 0 atom stereocenters. The molecule has 0 aliphatic carbocycles. The number of nitrogens with zero attached hydrogens (tertiary/aromatic N) is 3. The van der Waals surface area contributed by atoms with Crippen LogP contribution in [-0.4, -0.2) is 15.5 Å². The molecule has 0 bridgehead atoms. The van der Waals surface area contributed by atoms with Crippen molar-refractivity contribution in [1.82, 2.24) is 9.55 Å². The van der Waals surface area contributed by atoms with Gasteiger partial charge in [0.15, 0.2) is 0 Å². The van der Waals surface area contributed by atoms with E-state index in [0.717, 1.165) is 41.1 Å². The van der Waals surface area contributed by atoms with Crippen LogP contribution in [0.25, 0.3) is 0 Å². The van der Waals surface area contributed by atoms with E-state index in [9.17, 15) is 23.2 Å². The minimum atomic E-state index is -4.48. The Morgan fingerprint density at radius 3 is 2.45 bits per heavy atom. The predicted octanol–water partition coefficient (Wildman–Crippen LogP) is 4.69. The molecule has 0 saturated heterocycles. The van der Waals surface area contributed by atoms with Crippen molar-refractivity contribution in [2.45, 2.75) is 26.6 Å². The molecule has 1 N–H and O–H groups in total. The van der Waals surface area contributed by atoms with Crippen molar-refractivity contribution < 1.29 is 18.0 Å². The largest absolute Gasteiger partial charge is 0.416 e. The van der Waals surface area contributed by atoms with E-state index in [1.165, 1.54) is 0 Å². The summed E-state index contributed by atoms with van der Waals surface area (Å²) in [6, 6.07) is 9.68. The number of nitriles is 1. The van der Waals surface area contributed by atoms with Gasteiger partial charge in [0.05, 0.1) is 17.7 Å². The number of aromatic nitrogens is 2. The first-order valence-corrected chi connectivity index (χ1v) is 8.69. The topological polar surface area (TPSA) is 70.7 Å². The molecule has 0 unspecified atom stereocenters. The molecule has 0 saturated carbocycles. The molecule has 1 aromatic carbocycles. The quantitative estimate of drug-likeness (QED) is 0.693. The van der Waals surface area contributed by atoms with E-state index >= 15 is 0 Å². The number of benzene rings is 1. The number of hydrogen-bond acceptors (Lipinski definition) is 3. The molecule has 148 valence electrons. The summed E-state index contributed by atoms with van der Waals surface area (Å²) in [5.41, 5.74) is 1.93. The van der Waals surface area contributed by atoms with Crippen molar-refractivity contribution in [2.75, 3.05) is 5.32 Å². The van der Waals surface area contributed by atoms with E-state index in [0.29, 0.717) is 17.9 Å². The lowest BCUT2D eigenvalue weighted by Gasteiger charge is -2.13. The molecule has 3 rings (SSSR count). The summed E-state index contributed by atoms with van der Waals surface area (Å²) in [4.78, 5) is 16.7. The van der Waals surface area contributed by atoms with Gasteiger partial charge in [-0.2, -0.15) is 18.4 Å². The number of hydrogen-bond donors (Lipinski definition) is 1. The summed E-state index contributed by atoms with van der Waals surface area (Å²) in [7, 11) is 0. The maximum atomic E-state index is 12.7. The Balaban J connectivity index is 1.94. The van der Waals surface area contributed by atoms with E-state index in [1.54, 1.807) is 30.0 Å². The lowest BCUT2D eigenvalue weighted by molar-refractivity contribution is -0.137. The highest BCUT2D eigenvalue weighted by molar-refractivity contribution is 6.04. The van der Waals surface area contributed by atoms with Gasteiger partial charge in [-0.3, -0.25) is 9.78 Å². The first kappa shape index (κ1) is 20.1. The lowest BCUT2D eigenvalue weighted by atomic mass is 10.1. The highest BCUT2D eigenvalue weighted by atomic mass is 19.4. The third-order valence-electron chi connectivity index (χ3n) is 4.71. The first-order chi connectivity index (χ1) is 13.7. The van der Waals surface area contributed by atoms with E-state index in [2.05, 4.69) is 16.4 Å². The monoisotopic (exact) mass is 398 g/mol. The van der Waals surface area contributed by atoms with Crippen molar-refractivity contribution in [1.29, 1.82) is 5.26 Å². The van der Waals surface area contributed by atoms with Crippen LogP contribution >= 0.6 is 0 Å². The molecule has 0 fully saturated rings. The van der Waals surface area contributed by atoms with Crippen molar-refractivity contribution in [3.8, 4) is 6.07 Å². The third-order valence-corrected chi connectivity index (χ3v) is 4.71. The van der Waals surface area contributed by atoms with Gasteiger partial charge in [0.1, 0.15) is 11.9 Å². The summed E-state index contributed by atoms with van der Waals surface area (Å²) >= 11 is 0. The molecule has 0 aliphatic heterocycles. The van der Waals surface area contributed by atoms with Gasteiger partial charge in [-0.25, -0.2) is 0 Å². The zero-order chi connectivity index (χ0) is 21.2. The molecule has 5 nitrogen and oxygen atoms in total. The molecule has 2 heterocycles. The number of rotatable bonds is 4. The second-order valence-corrected chi connectivity index (χ2v) is 6.52. The van der Waals surface area contributed by atoms with Crippen molar-refractivity contribution in [3.63, 3.8) is 0 Å². The average molecular weight is 398 g/mol. The SMILES string of the molecule is Cc1c(C#N)c(NC(=O)c2ccc(C(F)(F)F)cc2)n(Cc2cccnc2)c1C. The van der Waals surface area contributed by atoms with Crippen LogP contribution < -0.4 is 5.32 Å². The molecular formula is C21H17F3N4O. The highest BCUT2D eigenvalue weighted by Crippen LogP contribution is 2.30. The molecule has 29 heavy (non-hydrogen) atoms. The summed E-state index contributed by atoms with van der Waals surface area (Å²) in [5, 5.41) is 12.2. The molecule has 0 spiro atoms. The van der Waals surface area contributed by atoms with Gasteiger partial charge in [-0.05, 0) is 55.3 Å². The van der Waals surface area contributed by atoms with Crippen molar-refractivity contribution in [3.05, 3.63) is 82.3 Å². The summed E-state index contributed by atoms with van der Waals surface area (Å²) < 4.78 is 40.0. The fourth-order valence-electron chi connectivity index (χ4n) is 2.99. The number of amides is 1. The summed E-state index contributed by atoms with van der Waals surface area (Å²) in [6.45, 7) is 3.99. The lowest BCUT2D eigenvalue weighted by Crippen LogP contribution is -2.17. The van der Waals surface area contributed by atoms with Crippen LogP contribution in [0.4, 0.5) is 19.0 Å². The molecule has 0 aliphatic rings. The third kappa shape index (κ3) is 4.14. The van der Waals surface area contributed by atoms with Crippen LogP contribution in [0.2, 0.25) is 0 Å². The Labute approximate surface area is 165 Å². The van der Waals surface area contributed by atoms with E-state index in [-0.39, 0.29) is 5.56 Å². The van der Waals surface area contributed by atoms with Crippen molar-refractivity contribution in [2.24, 2.45) is 0 Å². The minimum Gasteiger partial charge on any atom is -0.326 e. The summed E-state index contributed by atoms with van der Waals surface area (Å²) in [5.74, 6) is -0.295. The highest BCUT2D eigenvalue weighted by Gasteiger charge is 2.30. The zero-order valence-electron chi connectivity index (χ0n) is 15.7. The van der Waals surface area contributed by atoms with Crippen LogP contribution in [0.15, 0.2) is 48.8 Å². The molecule has 0 radical (unpaired) electrons.